The zero-order valence-corrected chi connectivity index (χ0v) is 13.1. The lowest BCUT2D eigenvalue weighted by atomic mass is 10.1. The van der Waals surface area contributed by atoms with Crippen molar-refractivity contribution in [1.29, 1.82) is 0 Å². The van der Waals surface area contributed by atoms with Crippen molar-refractivity contribution in [3.8, 4) is 11.5 Å². The number of rotatable bonds is 6. The fourth-order valence-electron chi connectivity index (χ4n) is 2.17. The van der Waals surface area contributed by atoms with Crippen molar-refractivity contribution in [3.63, 3.8) is 0 Å². The summed E-state index contributed by atoms with van der Waals surface area (Å²) in [6.45, 7) is 4.40. The van der Waals surface area contributed by atoms with E-state index >= 15 is 0 Å². The van der Waals surface area contributed by atoms with Crippen LogP contribution >= 0.6 is 0 Å². The molecule has 0 radical (unpaired) electrons. The second kappa shape index (κ2) is 7.50. The first-order valence-corrected chi connectivity index (χ1v) is 7.18. The second-order valence-electron chi connectivity index (χ2n) is 4.81. The molecular formula is C18H20O4. The van der Waals surface area contributed by atoms with Gasteiger partial charge < -0.3 is 14.2 Å². The van der Waals surface area contributed by atoms with Crippen LogP contribution in [-0.4, -0.2) is 19.7 Å². The number of esters is 1. The number of methoxy groups -OCH3 is 1. The van der Waals surface area contributed by atoms with E-state index in [-0.39, 0.29) is 5.97 Å². The molecule has 0 unspecified atom stereocenters. The first kappa shape index (κ1) is 15.9. The molecule has 116 valence electrons. The minimum Gasteiger partial charge on any atom is -0.496 e. The quantitative estimate of drug-likeness (QED) is 0.762. The highest BCUT2D eigenvalue weighted by molar-refractivity contribution is 5.94. The molecule has 0 atom stereocenters. The van der Waals surface area contributed by atoms with E-state index in [9.17, 15) is 4.79 Å². The van der Waals surface area contributed by atoms with Gasteiger partial charge in [-0.2, -0.15) is 0 Å². The Kier molecular flexibility index (Phi) is 5.42. The van der Waals surface area contributed by atoms with Crippen LogP contribution in [0.5, 0.6) is 11.5 Å². The molecule has 4 nitrogen and oxygen atoms in total. The number of hydrogen-bond donors (Lipinski definition) is 0. The maximum absolute atomic E-state index is 12.0. The lowest BCUT2D eigenvalue weighted by Crippen LogP contribution is -2.09. The van der Waals surface area contributed by atoms with E-state index in [1.165, 1.54) is 7.11 Å². The largest absolute Gasteiger partial charge is 0.496 e. The van der Waals surface area contributed by atoms with Gasteiger partial charge in [0.05, 0.1) is 13.7 Å². The fraction of sp³-hybridized carbons (Fsp3) is 0.278. The summed E-state index contributed by atoms with van der Waals surface area (Å²) in [5, 5.41) is 0. The molecular weight excluding hydrogens is 280 g/mol. The Bertz CT molecular complexity index is 635. The smallest absolute Gasteiger partial charge is 0.342 e. The van der Waals surface area contributed by atoms with Crippen molar-refractivity contribution in [2.75, 3.05) is 13.7 Å². The topological polar surface area (TPSA) is 44.8 Å². The summed E-state index contributed by atoms with van der Waals surface area (Å²) in [5.74, 6) is 0.735. The summed E-state index contributed by atoms with van der Waals surface area (Å²) >= 11 is 0. The van der Waals surface area contributed by atoms with Gasteiger partial charge in [0.2, 0.25) is 0 Å². The number of aryl methyl sites for hydroxylation is 1. The Morgan fingerprint density at radius 3 is 2.50 bits per heavy atom. The summed E-state index contributed by atoms with van der Waals surface area (Å²) in [5.41, 5.74) is 2.28. The van der Waals surface area contributed by atoms with Crippen LogP contribution < -0.4 is 9.47 Å². The molecule has 0 heterocycles. The molecule has 2 rings (SSSR count). The van der Waals surface area contributed by atoms with E-state index in [0.29, 0.717) is 30.3 Å². The van der Waals surface area contributed by atoms with E-state index in [1.807, 2.05) is 43.3 Å². The third-order valence-corrected chi connectivity index (χ3v) is 3.22. The minimum absolute atomic E-state index is 0.327. The lowest BCUT2D eigenvalue weighted by Gasteiger charge is -2.14. The maximum atomic E-state index is 12.0. The van der Waals surface area contributed by atoms with Crippen molar-refractivity contribution in [2.45, 2.75) is 20.5 Å². The van der Waals surface area contributed by atoms with E-state index in [0.717, 1.165) is 11.1 Å². The van der Waals surface area contributed by atoms with Crippen LogP contribution in [0.15, 0.2) is 42.5 Å². The predicted octanol–water partition coefficient (Wildman–Crippen LogP) is 3.76. The molecule has 0 N–H and O–H groups in total. The third-order valence-electron chi connectivity index (χ3n) is 3.22. The van der Waals surface area contributed by atoms with Crippen LogP contribution in [0.3, 0.4) is 0 Å². The molecule has 0 saturated heterocycles. The van der Waals surface area contributed by atoms with Crippen molar-refractivity contribution >= 4 is 5.97 Å². The first-order chi connectivity index (χ1) is 10.7. The highest BCUT2D eigenvalue weighted by atomic mass is 16.5. The van der Waals surface area contributed by atoms with Gasteiger partial charge in [0.15, 0.2) is 0 Å². The third kappa shape index (κ3) is 3.79. The number of benzene rings is 2. The fourth-order valence-corrected chi connectivity index (χ4v) is 2.17. The van der Waals surface area contributed by atoms with Gasteiger partial charge in [0.25, 0.3) is 0 Å². The zero-order valence-electron chi connectivity index (χ0n) is 13.1. The van der Waals surface area contributed by atoms with Crippen molar-refractivity contribution in [3.05, 3.63) is 59.2 Å². The van der Waals surface area contributed by atoms with Gasteiger partial charge in [-0.25, -0.2) is 4.79 Å². The minimum atomic E-state index is -0.383. The average molecular weight is 300 g/mol. The van der Waals surface area contributed by atoms with Crippen LogP contribution in [0.1, 0.15) is 28.4 Å². The molecule has 0 bridgehead atoms. The number of hydrogen-bond acceptors (Lipinski definition) is 4. The highest BCUT2D eigenvalue weighted by Gasteiger charge is 2.18. The van der Waals surface area contributed by atoms with Gasteiger partial charge in [0.1, 0.15) is 23.7 Å². The van der Waals surface area contributed by atoms with Gasteiger partial charge in [-0.1, -0.05) is 30.3 Å². The summed E-state index contributed by atoms with van der Waals surface area (Å²) in [6, 6.07) is 13.4. The molecule has 0 aliphatic carbocycles. The van der Waals surface area contributed by atoms with E-state index in [1.54, 1.807) is 13.0 Å². The Morgan fingerprint density at radius 1 is 1.14 bits per heavy atom. The van der Waals surface area contributed by atoms with Crippen LogP contribution in [0.25, 0.3) is 0 Å². The van der Waals surface area contributed by atoms with Gasteiger partial charge >= 0.3 is 5.97 Å². The predicted molar refractivity (Wildman–Crippen MR) is 84.5 cm³/mol. The molecule has 0 amide bonds. The van der Waals surface area contributed by atoms with E-state index in [4.69, 9.17) is 14.2 Å². The normalized spacial score (nSPS) is 10.1. The molecule has 0 fully saturated rings. The second-order valence-corrected chi connectivity index (χ2v) is 4.81. The van der Waals surface area contributed by atoms with Gasteiger partial charge in [-0.3, -0.25) is 0 Å². The van der Waals surface area contributed by atoms with Gasteiger partial charge in [0, 0.05) is 6.07 Å². The number of carbonyl (C=O) groups excluding carboxylic acids is 1. The molecule has 0 saturated carbocycles. The maximum Gasteiger partial charge on any atom is 0.342 e. The number of carbonyl (C=O) groups is 1. The van der Waals surface area contributed by atoms with Crippen LogP contribution in [0, 0.1) is 6.92 Å². The van der Waals surface area contributed by atoms with Crippen LogP contribution in [0.4, 0.5) is 0 Å². The molecule has 0 spiro atoms. The average Bonchev–Trinajstić information content (AvgIpc) is 2.53. The Morgan fingerprint density at radius 2 is 1.86 bits per heavy atom. The summed E-state index contributed by atoms with van der Waals surface area (Å²) in [4.78, 5) is 12.0. The molecule has 0 aromatic heterocycles. The molecule has 4 heteroatoms. The van der Waals surface area contributed by atoms with Gasteiger partial charge in [-0.05, 0) is 31.0 Å². The van der Waals surface area contributed by atoms with E-state index < -0.39 is 0 Å². The highest BCUT2D eigenvalue weighted by Crippen LogP contribution is 2.29. The summed E-state index contributed by atoms with van der Waals surface area (Å²) in [6.07, 6.45) is 0. The van der Waals surface area contributed by atoms with Crippen molar-refractivity contribution in [2.24, 2.45) is 0 Å². The molecule has 2 aromatic rings. The first-order valence-electron chi connectivity index (χ1n) is 7.18. The number of ether oxygens (including phenoxy) is 3. The summed E-state index contributed by atoms with van der Waals surface area (Å²) in [7, 11) is 1.53. The Hall–Kier alpha value is -2.49. The molecule has 0 aliphatic heterocycles. The Labute approximate surface area is 130 Å². The lowest BCUT2D eigenvalue weighted by molar-refractivity contribution is 0.0521. The van der Waals surface area contributed by atoms with Crippen molar-refractivity contribution < 1.29 is 19.0 Å². The van der Waals surface area contributed by atoms with E-state index in [2.05, 4.69) is 0 Å². The Balaban J connectivity index is 2.20. The molecule has 22 heavy (non-hydrogen) atoms. The SMILES string of the molecule is CCOC(=O)c1c(C)cc(OCc2ccccc2)cc1OC. The summed E-state index contributed by atoms with van der Waals surface area (Å²) < 4.78 is 16.1. The van der Waals surface area contributed by atoms with Crippen LogP contribution in [-0.2, 0) is 11.3 Å². The van der Waals surface area contributed by atoms with Gasteiger partial charge in [-0.15, -0.1) is 0 Å². The monoisotopic (exact) mass is 300 g/mol. The molecule has 2 aromatic carbocycles. The van der Waals surface area contributed by atoms with Crippen molar-refractivity contribution in [1.82, 2.24) is 0 Å². The van der Waals surface area contributed by atoms with Crippen LogP contribution in [0.2, 0.25) is 0 Å². The zero-order chi connectivity index (χ0) is 15.9. The standard InChI is InChI=1S/C18H20O4/c1-4-21-18(19)17-13(2)10-15(11-16(17)20-3)22-12-14-8-6-5-7-9-14/h5-11H,4,12H2,1-3H3. The molecule has 0 aliphatic rings.